The number of aryl methyl sites for hydroxylation is 2. The zero-order valence-electron chi connectivity index (χ0n) is 33.0. The molecule has 60 heavy (non-hydrogen) atoms. The Labute approximate surface area is 346 Å². The molecule has 0 bridgehead atoms. The van der Waals surface area contributed by atoms with Gasteiger partial charge in [-0.05, 0) is 62.4 Å². The van der Waals surface area contributed by atoms with Crippen LogP contribution in [0.2, 0.25) is 0 Å². The highest BCUT2D eigenvalue weighted by atomic mass is 15.0. The normalized spacial score (nSPS) is 11.5. The number of rotatable bonds is 6. The number of para-hydroxylation sites is 2. The maximum absolute atomic E-state index is 11.3. The predicted octanol–water partition coefficient (Wildman–Crippen LogP) is 13.2. The molecule has 0 amide bonds. The summed E-state index contributed by atoms with van der Waals surface area (Å²) in [5.41, 5.74) is 13.3. The molecule has 6 heteroatoms. The Morgan fingerprint density at radius 2 is 0.867 bits per heavy atom. The molecule has 0 N–H and O–H groups in total. The molecular formula is C54H36N6. The van der Waals surface area contributed by atoms with Gasteiger partial charge in [0.15, 0.2) is 17.5 Å². The van der Waals surface area contributed by atoms with Gasteiger partial charge in [0.05, 0.1) is 39.0 Å². The van der Waals surface area contributed by atoms with Gasteiger partial charge in [0.25, 0.3) is 0 Å². The first kappa shape index (κ1) is 35.1. The lowest BCUT2D eigenvalue weighted by molar-refractivity contribution is 1.07. The van der Waals surface area contributed by atoms with Crippen molar-refractivity contribution in [3.63, 3.8) is 0 Å². The Kier molecular flexibility index (Phi) is 8.21. The van der Waals surface area contributed by atoms with E-state index in [0.29, 0.717) is 23.0 Å². The van der Waals surface area contributed by atoms with Crippen molar-refractivity contribution in [1.29, 1.82) is 5.26 Å². The molecule has 0 fully saturated rings. The van der Waals surface area contributed by atoms with E-state index in [1.54, 1.807) is 0 Å². The molecule has 3 aromatic heterocycles. The second-order valence-corrected chi connectivity index (χ2v) is 15.3. The number of nitriles is 1. The fourth-order valence-corrected chi connectivity index (χ4v) is 8.78. The molecule has 11 rings (SSSR count). The Bertz CT molecular complexity index is 3460. The van der Waals surface area contributed by atoms with Crippen LogP contribution >= 0.6 is 0 Å². The van der Waals surface area contributed by atoms with Gasteiger partial charge in [-0.15, -0.1) is 0 Å². The highest BCUT2D eigenvalue weighted by molar-refractivity contribution is 6.11. The van der Waals surface area contributed by atoms with Crippen molar-refractivity contribution in [2.75, 3.05) is 0 Å². The Morgan fingerprint density at radius 3 is 1.42 bits per heavy atom. The van der Waals surface area contributed by atoms with Gasteiger partial charge in [0.1, 0.15) is 6.07 Å². The molecule has 11 aromatic rings. The van der Waals surface area contributed by atoms with Crippen LogP contribution in [0, 0.1) is 25.2 Å². The van der Waals surface area contributed by atoms with Gasteiger partial charge in [0, 0.05) is 49.4 Å². The minimum atomic E-state index is 0.557. The van der Waals surface area contributed by atoms with E-state index in [1.165, 1.54) is 11.1 Å². The summed E-state index contributed by atoms with van der Waals surface area (Å²) in [6.45, 7) is 4.25. The number of fused-ring (bicyclic) bond motifs is 6. The Balaban J connectivity index is 1.21. The third-order valence-corrected chi connectivity index (χ3v) is 11.5. The minimum absolute atomic E-state index is 0.557. The number of benzene rings is 8. The molecule has 0 aliphatic rings. The maximum atomic E-state index is 11.3. The van der Waals surface area contributed by atoms with Crippen molar-refractivity contribution in [3.8, 4) is 62.7 Å². The van der Waals surface area contributed by atoms with Gasteiger partial charge in [-0.2, -0.15) is 5.26 Å². The number of nitrogens with zero attached hydrogens (tertiary/aromatic N) is 6. The molecule has 3 heterocycles. The van der Waals surface area contributed by atoms with Gasteiger partial charge in [-0.1, -0.05) is 145 Å². The van der Waals surface area contributed by atoms with Crippen molar-refractivity contribution < 1.29 is 0 Å². The first-order valence-corrected chi connectivity index (χ1v) is 20.1. The Hall–Kier alpha value is -8.14. The summed E-state index contributed by atoms with van der Waals surface area (Å²) in [5, 5.41) is 15.9. The number of hydrogen-bond donors (Lipinski definition) is 0. The van der Waals surface area contributed by atoms with Crippen molar-refractivity contribution >= 4 is 43.6 Å². The summed E-state index contributed by atoms with van der Waals surface area (Å²) >= 11 is 0. The van der Waals surface area contributed by atoms with E-state index in [4.69, 9.17) is 15.0 Å². The largest absolute Gasteiger partial charge is 0.309 e. The topological polar surface area (TPSA) is 72.3 Å². The monoisotopic (exact) mass is 768 g/mol. The Morgan fingerprint density at radius 1 is 0.383 bits per heavy atom. The van der Waals surface area contributed by atoms with E-state index >= 15 is 0 Å². The molecule has 0 radical (unpaired) electrons. The van der Waals surface area contributed by atoms with Gasteiger partial charge >= 0.3 is 0 Å². The van der Waals surface area contributed by atoms with E-state index in [9.17, 15) is 5.26 Å². The summed E-state index contributed by atoms with van der Waals surface area (Å²) in [4.78, 5) is 15.2. The van der Waals surface area contributed by atoms with Gasteiger partial charge in [0.2, 0.25) is 0 Å². The number of hydrogen-bond acceptors (Lipinski definition) is 4. The highest BCUT2D eigenvalue weighted by Gasteiger charge is 2.23. The molecule has 0 atom stereocenters. The van der Waals surface area contributed by atoms with Crippen LogP contribution in [0.25, 0.3) is 100 Å². The highest BCUT2D eigenvalue weighted by Crippen LogP contribution is 2.42. The van der Waals surface area contributed by atoms with Crippen LogP contribution < -0.4 is 0 Å². The SMILES string of the molecule is Cc1ccc2c(c1)c1ccccc1n2-c1cc(-c2nc(-c3ccccc3)nc(-c3ccccc3)n2)ccc1-c1cccc(-n2c3ccccc3c3cc(C)ccc32)c1C#N. The van der Waals surface area contributed by atoms with Crippen LogP contribution in [0.1, 0.15) is 16.7 Å². The van der Waals surface area contributed by atoms with Crippen LogP contribution in [0.15, 0.2) is 182 Å². The lowest BCUT2D eigenvalue weighted by Crippen LogP contribution is -2.04. The van der Waals surface area contributed by atoms with E-state index < -0.39 is 0 Å². The van der Waals surface area contributed by atoms with E-state index in [2.05, 4.69) is 150 Å². The third kappa shape index (κ3) is 5.67. The lowest BCUT2D eigenvalue weighted by Gasteiger charge is -2.19. The van der Waals surface area contributed by atoms with Crippen molar-refractivity contribution in [1.82, 2.24) is 24.1 Å². The zero-order valence-corrected chi connectivity index (χ0v) is 33.0. The summed E-state index contributed by atoms with van der Waals surface area (Å²) in [6, 6.07) is 65.5. The van der Waals surface area contributed by atoms with Crippen molar-refractivity contribution in [2.24, 2.45) is 0 Å². The van der Waals surface area contributed by atoms with Gasteiger partial charge in [-0.3, -0.25) is 0 Å². The fourth-order valence-electron chi connectivity index (χ4n) is 8.78. The maximum Gasteiger partial charge on any atom is 0.164 e. The van der Waals surface area contributed by atoms with E-state index in [0.717, 1.165) is 82.8 Å². The van der Waals surface area contributed by atoms with Crippen LogP contribution in [0.4, 0.5) is 0 Å². The standard InChI is InChI=1S/C54H36N6/c1-34-24-28-49-43(30-34)40-18-9-11-21-46(40)59(49)48-23-13-20-39(45(48)33-55)42-27-26-38(32-51(42)60-47-22-12-10-19-41(47)44-31-35(2)25-29-50(44)60)54-57-52(36-14-5-3-6-15-36)56-53(58-54)37-16-7-4-8-17-37/h3-32H,1-2H3. The van der Waals surface area contributed by atoms with Crippen LogP contribution in [-0.2, 0) is 0 Å². The molecule has 0 aliphatic carbocycles. The van der Waals surface area contributed by atoms with Crippen LogP contribution in [0.3, 0.4) is 0 Å². The average molecular weight is 769 g/mol. The minimum Gasteiger partial charge on any atom is -0.309 e. The summed E-state index contributed by atoms with van der Waals surface area (Å²) in [7, 11) is 0. The van der Waals surface area contributed by atoms with E-state index in [-0.39, 0.29) is 0 Å². The molecular weight excluding hydrogens is 733 g/mol. The fraction of sp³-hybridized carbons (Fsp3) is 0.0370. The second kappa shape index (κ2) is 14.1. The lowest BCUT2D eigenvalue weighted by atomic mass is 9.95. The third-order valence-electron chi connectivity index (χ3n) is 11.5. The average Bonchev–Trinajstić information content (AvgIpc) is 3.80. The smallest absolute Gasteiger partial charge is 0.164 e. The van der Waals surface area contributed by atoms with Crippen molar-refractivity contribution in [2.45, 2.75) is 13.8 Å². The first-order valence-electron chi connectivity index (χ1n) is 20.1. The predicted molar refractivity (Wildman–Crippen MR) is 244 cm³/mol. The quantitative estimate of drug-likeness (QED) is 0.169. The molecule has 0 spiro atoms. The molecule has 6 nitrogen and oxygen atoms in total. The molecule has 282 valence electrons. The van der Waals surface area contributed by atoms with Crippen molar-refractivity contribution in [3.05, 3.63) is 199 Å². The summed E-state index contributed by atoms with van der Waals surface area (Å²) < 4.78 is 4.57. The summed E-state index contributed by atoms with van der Waals surface area (Å²) in [5.74, 6) is 1.75. The second-order valence-electron chi connectivity index (χ2n) is 15.3. The molecule has 0 saturated carbocycles. The van der Waals surface area contributed by atoms with Gasteiger partial charge in [-0.25, -0.2) is 15.0 Å². The van der Waals surface area contributed by atoms with Crippen LogP contribution in [0.5, 0.6) is 0 Å². The molecule has 0 unspecified atom stereocenters. The van der Waals surface area contributed by atoms with Crippen LogP contribution in [-0.4, -0.2) is 24.1 Å². The molecule has 8 aromatic carbocycles. The number of aromatic nitrogens is 5. The molecule has 0 saturated heterocycles. The molecule has 0 aliphatic heterocycles. The van der Waals surface area contributed by atoms with E-state index in [1.807, 2.05) is 60.7 Å². The summed E-state index contributed by atoms with van der Waals surface area (Å²) in [6.07, 6.45) is 0. The zero-order chi connectivity index (χ0) is 40.3. The van der Waals surface area contributed by atoms with Gasteiger partial charge < -0.3 is 9.13 Å². The first-order chi connectivity index (χ1) is 29.5.